The summed E-state index contributed by atoms with van der Waals surface area (Å²) in [6.45, 7) is 1.80. The quantitative estimate of drug-likeness (QED) is 0.619. The van der Waals surface area contributed by atoms with Gasteiger partial charge in [0.05, 0.1) is 11.2 Å². The van der Waals surface area contributed by atoms with Crippen LogP contribution in [0.5, 0.6) is 0 Å². The summed E-state index contributed by atoms with van der Waals surface area (Å²) in [5.74, 6) is 0. The Morgan fingerprint density at radius 1 is 1.41 bits per heavy atom. The van der Waals surface area contributed by atoms with E-state index in [4.69, 9.17) is 46.4 Å². The molecule has 2 heterocycles. The summed E-state index contributed by atoms with van der Waals surface area (Å²) in [5.41, 5.74) is 1.96. The highest BCUT2D eigenvalue weighted by Crippen LogP contribution is 2.42. The topological polar surface area (TPSA) is 48.9 Å². The lowest BCUT2D eigenvalue weighted by atomic mass is 10.1. The van der Waals surface area contributed by atoms with Gasteiger partial charge in [-0.15, -0.1) is 0 Å². The fraction of sp³-hybridized carbons (Fsp3) is 0.300. The zero-order chi connectivity index (χ0) is 12.8. The van der Waals surface area contributed by atoms with E-state index in [-0.39, 0.29) is 0 Å². The number of aliphatic hydroxyl groups excluding tert-OH is 1. The average molecular weight is 314 g/mol. The van der Waals surface area contributed by atoms with Gasteiger partial charge in [-0.3, -0.25) is 0 Å². The summed E-state index contributed by atoms with van der Waals surface area (Å²) < 4.78 is -1.79. The Hall–Kier alpha value is -0.190. The molecule has 2 aromatic heterocycles. The lowest BCUT2D eigenvalue weighted by molar-refractivity contribution is 0.184. The highest BCUT2D eigenvalue weighted by Gasteiger charge is 2.34. The first-order chi connectivity index (χ1) is 7.80. The predicted molar refractivity (Wildman–Crippen MR) is 71.1 cm³/mol. The Morgan fingerprint density at radius 2 is 2.06 bits per heavy atom. The van der Waals surface area contributed by atoms with Crippen LogP contribution in [0.15, 0.2) is 12.3 Å². The zero-order valence-electron chi connectivity index (χ0n) is 8.64. The number of pyridine rings is 1. The Morgan fingerprint density at radius 3 is 2.65 bits per heavy atom. The molecule has 2 rings (SSSR count). The number of hydrogen-bond donors (Lipinski definition) is 2. The second kappa shape index (κ2) is 4.48. The van der Waals surface area contributed by atoms with Crippen molar-refractivity contribution in [1.82, 2.24) is 9.97 Å². The van der Waals surface area contributed by atoms with Crippen LogP contribution in [0, 0.1) is 6.92 Å². The number of aryl methyl sites for hydroxylation is 1. The van der Waals surface area contributed by atoms with Gasteiger partial charge in [-0.2, -0.15) is 0 Å². The van der Waals surface area contributed by atoms with E-state index in [0.29, 0.717) is 16.1 Å². The highest BCUT2D eigenvalue weighted by atomic mass is 35.6. The molecule has 0 aromatic carbocycles. The predicted octanol–water partition coefficient (Wildman–Crippen LogP) is 3.93. The van der Waals surface area contributed by atoms with Crippen molar-refractivity contribution in [3.8, 4) is 0 Å². The third-order valence-electron chi connectivity index (χ3n) is 2.46. The number of halogens is 4. The van der Waals surface area contributed by atoms with Gasteiger partial charge in [0, 0.05) is 17.1 Å². The monoisotopic (exact) mass is 312 g/mol. The van der Waals surface area contributed by atoms with Crippen LogP contribution < -0.4 is 0 Å². The SMILES string of the molecule is Cc1nc(Cl)cc2c(C(O)C(Cl)(Cl)Cl)c[nH]c12. The summed E-state index contributed by atoms with van der Waals surface area (Å²) in [4.78, 5) is 7.07. The number of aromatic amines is 1. The van der Waals surface area contributed by atoms with Crippen molar-refractivity contribution < 1.29 is 5.11 Å². The minimum absolute atomic E-state index is 0.326. The summed E-state index contributed by atoms with van der Waals surface area (Å²) in [5, 5.41) is 11.0. The molecule has 1 unspecified atom stereocenters. The summed E-state index contributed by atoms with van der Waals surface area (Å²) in [7, 11) is 0. The maximum absolute atomic E-state index is 9.95. The number of nitrogens with zero attached hydrogens (tertiary/aromatic N) is 1. The Bertz CT molecular complexity index is 561. The first-order valence-electron chi connectivity index (χ1n) is 4.69. The van der Waals surface area contributed by atoms with Crippen LogP contribution in [-0.2, 0) is 0 Å². The number of H-pyrrole nitrogens is 1. The molecule has 0 spiro atoms. The van der Waals surface area contributed by atoms with E-state index in [9.17, 15) is 5.11 Å². The first-order valence-corrected chi connectivity index (χ1v) is 6.21. The van der Waals surface area contributed by atoms with Crippen molar-refractivity contribution in [2.45, 2.75) is 16.8 Å². The summed E-state index contributed by atoms with van der Waals surface area (Å²) in [6.07, 6.45) is 0.349. The lowest BCUT2D eigenvalue weighted by Gasteiger charge is -2.18. The molecule has 2 N–H and O–H groups in total. The largest absolute Gasteiger partial charge is 0.384 e. The summed E-state index contributed by atoms with van der Waals surface area (Å²) >= 11 is 22.9. The van der Waals surface area contributed by atoms with Crippen LogP contribution in [0.3, 0.4) is 0 Å². The van der Waals surface area contributed by atoms with Crippen molar-refractivity contribution >= 4 is 57.3 Å². The molecule has 0 saturated carbocycles. The van der Waals surface area contributed by atoms with Gasteiger partial charge in [0.15, 0.2) is 0 Å². The van der Waals surface area contributed by atoms with Gasteiger partial charge in [-0.25, -0.2) is 4.98 Å². The molecule has 17 heavy (non-hydrogen) atoms. The van der Waals surface area contributed by atoms with E-state index >= 15 is 0 Å². The molecule has 0 fully saturated rings. The fourth-order valence-electron chi connectivity index (χ4n) is 1.67. The van der Waals surface area contributed by atoms with Crippen LogP contribution in [0.4, 0.5) is 0 Å². The standard InChI is InChI=1S/C10H8Cl4N2O/c1-4-8-5(2-7(11)16-4)6(3-15-8)9(17)10(12,13)14/h2-3,9,15,17H,1H3. The van der Waals surface area contributed by atoms with Crippen molar-refractivity contribution in [1.29, 1.82) is 0 Å². The van der Waals surface area contributed by atoms with Crippen molar-refractivity contribution in [2.75, 3.05) is 0 Å². The number of hydrogen-bond acceptors (Lipinski definition) is 2. The Balaban J connectivity index is 2.64. The number of nitrogens with one attached hydrogen (secondary N) is 1. The second-order valence-electron chi connectivity index (χ2n) is 3.64. The van der Waals surface area contributed by atoms with E-state index in [1.165, 1.54) is 0 Å². The fourth-order valence-corrected chi connectivity index (χ4v) is 2.26. The molecule has 1 atom stereocenters. The van der Waals surface area contributed by atoms with Crippen molar-refractivity contribution in [2.24, 2.45) is 0 Å². The molecule has 0 amide bonds. The van der Waals surface area contributed by atoms with E-state index in [1.54, 1.807) is 19.2 Å². The minimum Gasteiger partial charge on any atom is -0.384 e. The lowest BCUT2D eigenvalue weighted by Crippen LogP contribution is -2.15. The number of fused-ring (bicyclic) bond motifs is 1. The van der Waals surface area contributed by atoms with Crippen LogP contribution in [0.1, 0.15) is 17.4 Å². The van der Waals surface area contributed by atoms with Crippen LogP contribution >= 0.6 is 46.4 Å². The van der Waals surface area contributed by atoms with Crippen LogP contribution in [0.25, 0.3) is 10.9 Å². The molecule has 92 valence electrons. The van der Waals surface area contributed by atoms with Crippen molar-refractivity contribution in [3.05, 3.63) is 28.7 Å². The van der Waals surface area contributed by atoms with Crippen LogP contribution in [-0.4, -0.2) is 18.9 Å². The maximum Gasteiger partial charge on any atom is 0.220 e. The molecular formula is C10H8Cl4N2O. The number of aliphatic hydroxyl groups is 1. The van der Waals surface area contributed by atoms with Gasteiger partial charge >= 0.3 is 0 Å². The number of rotatable bonds is 1. The molecule has 0 aliphatic rings. The Kier molecular flexibility index (Phi) is 3.49. The third kappa shape index (κ3) is 2.49. The normalized spacial score (nSPS) is 14.2. The molecule has 0 aliphatic heterocycles. The van der Waals surface area contributed by atoms with Crippen molar-refractivity contribution in [3.63, 3.8) is 0 Å². The van der Waals surface area contributed by atoms with Gasteiger partial charge < -0.3 is 10.1 Å². The molecular weight excluding hydrogens is 306 g/mol. The molecule has 0 radical (unpaired) electrons. The maximum atomic E-state index is 9.95. The second-order valence-corrected chi connectivity index (χ2v) is 6.40. The Labute approximate surface area is 118 Å². The van der Waals surface area contributed by atoms with Gasteiger partial charge in [-0.05, 0) is 13.0 Å². The minimum atomic E-state index is -1.79. The molecule has 0 bridgehead atoms. The van der Waals surface area contributed by atoms with Gasteiger partial charge in [-0.1, -0.05) is 46.4 Å². The van der Waals surface area contributed by atoms with Gasteiger partial charge in [0.1, 0.15) is 11.3 Å². The van der Waals surface area contributed by atoms with Crippen LogP contribution in [0.2, 0.25) is 5.15 Å². The smallest absolute Gasteiger partial charge is 0.220 e. The molecule has 2 aromatic rings. The first kappa shape index (κ1) is 13.2. The molecule has 7 heteroatoms. The van der Waals surface area contributed by atoms with E-state index < -0.39 is 9.90 Å². The van der Waals surface area contributed by atoms with Gasteiger partial charge in [0.2, 0.25) is 3.79 Å². The summed E-state index contributed by atoms with van der Waals surface area (Å²) in [6, 6.07) is 1.62. The highest BCUT2D eigenvalue weighted by molar-refractivity contribution is 6.68. The van der Waals surface area contributed by atoms with E-state index in [2.05, 4.69) is 9.97 Å². The number of alkyl halides is 3. The number of aromatic nitrogens is 2. The molecule has 3 nitrogen and oxygen atoms in total. The molecule has 0 saturated heterocycles. The van der Waals surface area contributed by atoms with Gasteiger partial charge in [0.25, 0.3) is 0 Å². The molecule has 0 aliphatic carbocycles. The van der Waals surface area contributed by atoms with E-state index in [0.717, 1.165) is 11.2 Å². The third-order valence-corrected chi connectivity index (χ3v) is 3.27. The van der Waals surface area contributed by atoms with E-state index in [1.807, 2.05) is 0 Å². The average Bonchev–Trinajstić information content (AvgIpc) is 2.58. The zero-order valence-corrected chi connectivity index (χ0v) is 11.7.